The van der Waals surface area contributed by atoms with Crippen molar-refractivity contribution in [1.29, 1.82) is 0 Å². The van der Waals surface area contributed by atoms with Gasteiger partial charge < -0.3 is 9.88 Å². The third-order valence-corrected chi connectivity index (χ3v) is 4.43. The molecule has 1 N–H and O–H groups in total. The fourth-order valence-electron chi connectivity index (χ4n) is 2.22. The number of benzene rings is 2. The lowest BCUT2D eigenvalue weighted by atomic mass is 10.1. The summed E-state index contributed by atoms with van der Waals surface area (Å²) in [6, 6.07) is 14.1. The molecule has 0 aliphatic heterocycles. The van der Waals surface area contributed by atoms with Crippen molar-refractivity contribution in [3.63, 3.8) is 0 Å². The van der Waals surface area contributed by atoms with Crippen molar-refractivity contribution in [2.45, 2.75) is 11.6 Å². The first-order chi connectivity index (χ1) is 10.7. The van der Waals surface area contributed by atoms with Crippen LogP contribution in [0.2, 0.25) is 0 Å². The smallest absolute Gasteiger partial charge is 0.225 e. The summed E-state index contributed by atoms with van der Waals surface area (Å²) < 4.78 is 1.95. The number of anilines is 1. The topological polar surface area (TPSA) is 46.9 Å². The highest BCUT2D eigenvalue weighted by Gasteiger charge is 2.05. The molecule has 2 aromatic carbocycles. The third kappa shape index (κ3) is 3.49. The first kappa shape index (κ1) is 14.7. The third-order valence-electron chi connectivity index (χ3n) is 3.37. The number of fused-ring (bicyclic) bond motifs is 1. The Morgan fingerprint density at radius 1 is 1.23 bits per heavy atom. The minimum atomic E-state index is 0.0250. The second-order valence-corrected chi connectivity index (χ2v) is 6.09. The standard InChI is InChI=1S/C17H17N3OS/c1-20-10-9-18-17(20)22-11-8-16(21)19-15-7-6-13-4-2-3-5-14(13)12-15/h2-7,9-10,12H,8,11H2,1H3,(H,19,21). The summed E-state index contributed by atoms with van der Waals surface area (Å²) in [4.78, 5) is 16.2. The maximum atomic E-state index is 12.0. The van der Waals surface area contributed by atoms with Crippen molar-refractivity contribution in [2.24, 2.45) is 7.05 Å². The van der Waals surface area contributed by atoms with Gasteiger partial charge in [-0.05, 0) is 22.9 Å². The quantitative estimate of drug-likeness (QED) is 0.731. The van der Waals surface area contributed by atoms with Crippen LogP contribution in [0.1, 0.15) is 6.42 Å². The van der Waals surface area contributed by atoms with Gasteiger partial charge in [-0.1, -0.05) is 42.1 Å². The first-order valence-electron chi connectivity index (χ1n) is 7.11. The number of nitrogens with zero attached hydrogens (tertiary/aromatic N) is 2. The minimum Gasteiger partial charge on any atom is -0.329 e. The van der Waals surface area contributed by atoms with E-state index in [1.54, 1.807) is 18.0 Å². The van der Waals surface area contributed by atoms with E-state index in [1.165, 1.54) is 5.39 Å². The van der Waals surface area contributed by atoms with E-state index in [0.29, 0.717) is 12.2 Å². The molecule has 0 bridgehead atoms. The average Bonchev–Trinajstić information content (AvgIpc) is 2.92. The van der Waals surface area contributed by atoms with Gasteiger partial charge in [-0.25, -0.2) is 4.98 Å². The van der Waals surface area contributed by atoms with E-state index in [9.17, 15) is 4.79 Å². The van der Waals surface area contributed by atoms with Crippen LogP contribution in [0.25, 0.3) is 10.8 Å². The Bertz CT molecular complexity index is 797. The number of amides is 1. The lowest BCUT2D eigenvalue weighted by Crippen LogP contribution is -2.12. The maximum Gasteiger partial charge on any atom is 0.225 e. The van der Waals surface area contributed by atoms with Gasteiger partial charge in [-0.3, -0.25) is 4.79 Å². The molecule has 22 heavy (non-hydrogen) atoms. The Balaban J connectivity index is 1.55. The van der Waals surface area contributed by atoms with Gasteiger partial charge in [-0.2, -0.15) is 0 Å². The summed E-state index contributed by atoms with van der Waals surface area (Å²) in [6.07, 6.45) is 4.12. The Morgan fingerprint density at radius 2 is 2.05 bits per heavy atom. The van der Waals surface area contributed by atoms with Crippen LogP contribution in [-0.2, 0) is 11.8 Å². The van der Waals surface area contributed by atoms with Crippen molar-refractivity contribution < 1.29 is 4.79 Å². The Labute approximate surface area is 133 Å². The molecule has 1 amide bonds. The van der Waals surface area contributed by atoms with Crippen LogP contribution in [0.15, 0.2) is 60.0 Å². The molecule has 0 atom stereocenters. The van der Waals surface area contributed by atoms with Crippen LogP contribution in [0, 0.1) is 0 Å². The van der Waals surface area contributed by atoms with Crippen molar-refractivity contribution in [1.82, 2.24) is 9.55 Å². The van der Waals surface area contributed by atoms with Crippen LogP contribution in [0.5, 0.6) is 0 Å². The lowest BCUT2D eigenvalue weighted by Gasteiger charge is -2.06. The van der Waals surface area contributed by atoms with Crippen molar-refractivity contribution in [3.05, 3.63) is 54.9 Å². The highest BCUT2D eigenvalue weighted by molar-refractivity contribution is 7.99. The normalized spacial score (nSPS) is 10.8. The molecule has 1 heterocycles. The predicted molar refractivity (Wildman–Crippen MR) is 91.1 cm³/mol. The summed E-state index contributed by atoms with van der Waals surface area (Å²) in [5.74, 6) is 0.738. The molecule has 0 aliphatic rings. The van der Waals surface area contributed by atoms with Crippen LogP contribution < -0.4 is 5.32 Å². The van der Waals surface area contributed by atoms with Crippen LogP contribution in [-0.4, -0.2) is 21.2 Å². The lowest BCUT2D eigenvalue weighted by molar-refractivity contribution is -0.115. The average molecular weight is 311 g/mol. The summed E-state index contributed by atoms with van der Waals surface area (Å²) in [7, 11) is 1.95. The van der Waals surface area contributed by atoms with Crippen LogP contribution >= 0.6 is 11.8 Å². The van der Waals surface area contributed by atoms with E-state index in [2.05, 4.69) is 16.4 Å². The van der Waals surface area contributed by atoms with Gasteiger partial charge in [0, 0.05) is 37.3 Å². The second-order valence-electron chi connectivity index (χ2n) is 5.03. The number of aryl methyl sites for hydroxylation is 1. The second kappa shape index (κ2) is 6.66. The number of thioether (sulfide) groups is 1. The Morgan fingerprint density at radius 3 is 2.82 bits per heavy atom. The number of hydrogen-bond acceptors (Lipinski definition) is 3. The molecule has 0 spiro atoms. The number of carbonyl (C=O) groups excluding carboxylic acids is 1. The zero-order valence-corrected chi connectivity index (χ0v) is 13.1. The minimum absolute atomic E-state index is 0.0250. The van der Waals surface area contributed by atoms with Crippen molar-refractivity contribution in [2.75, 3.05) is 11.1 Å². The molecule has 112 valence electrons. The summed E-state index contributed by atoms with van der Waals surface area (Å²) in [5.41, 5.74) is 0.839. The van der Waals surface area contributed by atoms with E-state index in [-0.39, 0.29) is 5.91 Å². The molecule has 3 aromatic rings. The highest BCUT2D eigenvalue weighted by atomic mass is 32.2. The molecule has 0 unspecified atom stereocenters. The summed E-state index contributed by atoms with van der Waals surface area (Å²) in [5, 5.41) is 6.18. The van der Waals surface area contributed by atoms with E-state index in [1.807, 2.05) is 54.2 Å². The van der Waals surface area contributed by atoms with Crippen LogP contribution in [0.4, 0.5) is 5.69 Å². The number of imidazole rings is 1. The van der Waals surface area contributed by atoms with E-state index >= 15 is 0 Å². The SMILES string of the molecule is Cn1ccnc1SCCC(=O)Nc1ccc2ccccc2c1. The Kier molecular flexibility index (Phi) is 4.44. The molecule has 0 radical (unpaired) electrons. The highest BCUT2D eigenvalue weighted by Crippen LogP contribution is 2.20. The molecule has 0 aliphatic carbocycles. The largest absolute Gasteiger partial charge is 0.329 e. The van der Waals surface area contributed by atoms with Gasteiger partial charge in [0.2, 0.25) is 5.91 Å². The van der Waals surface area contributed by atoms with Crippen molar-refractivity contribution >= 4 is 34.1 Å². The molecule has 3 rings (SSSR count). The fourth-order valence-corrected chi connectivity index (χ4v) is 3.09. The van der Waals surface area contributed by atoms with Crippen molar-refractivity contribution in [3.8, 4) is 0 Å². The predicted octanol–water partition coefficient (Wildman–Crippen LogP) is 3.69. The molecular weight excluding hydrogens is 294 g/mol. The maximum absolute atomic E-state index is 12.0. The number of rotatable bonds is 5. The summed E-state index contributed by atoms with van der Waals surface area (Å²) in [6.45, 7) is 0. The number of aromatic nitrogens is 2. The molecule has 0 saturated carbocycles. The summed E-state index contributed by atoms with van der Waals surface area (Å²) >= 11 is 1.59. The molecule has 4 nitrogen and oxygen atoms in total. The zero-order valence-electron chi connectivity index (χ0n) is 12.3. The van der Waals surface area contributed by atoms with Gasteiger partial charge in [-0.15, -0.1) is 0 Å². The molecule has 5 heteroatoms. The Hall–Kier alpha value is -2.27. The molecule has 0 fully saturated rings. The van der Waals surface area contributed by atoms with Gasteiger partial charge in [0.1, 0.15) is 0 Å². The van der Waals surface area contributed by atoms with Gasteiger partial charge in [0.25, 0.3) is 0 Å². The van der Waals surface area contributed by atoms with Crippen LogP contribution in [0.3, 0.4) is 0 Å². The first-order valence-corrected chi connectivity index (χ1v) is 8.10. The van der Waals surface area contributed by atoms with Gasteiger partial charge in [0.05, 0.1) is 0 Å². The van der Waals surface area contributed by atoms with Gasteiger partial charge in [0.15, 0.2) is 5.16 Å². The molecule has 0 saturated heterocycles. The number of carbonyl (C=O) groups is 1. The molecular formula is C17H17N3OS. The zero-order chi connectivity index (χ0) is 15.4. The van der Waals surface area contributed by atoms with Gasteiger partial charge >= 0.3 is 0 Å². The van der Waals surface area contributed by atoms with E-state index in [4.69, 9.17) is 0 Å². The number of nitrogens with one attached hydrogen (secondary N) is 1. The monoisotopic (exact) mass is 311 g/mol. The van der Waals surface area contributed by atoms with E-state index < -0.39 is 0 Å². The molecule has 1 aromatic heterocycles. The fraction of sp³-hybridized carbons (Fsp3) is 0.176. The number of hydrogen-bond donors (Lipinski definition) is 1. The van der Waals surface area contributed by atoms with E-state index in [0.717, 1.165) is 16.2 Å².